The summed E-state index contributed by atoms with van der Waals surface area (Å²) in [5.41, 5.74) is 7.10. The smallest absolute Gasteiger partial charge is 0.253 e. The highest BCUT2D eigenvalue weighted by Crippen LogP contribution is 2.20. The van der Waals surface area contributed by atoms with Crippen molar-refractivity contribution in [1.82, 2.24) is 4.90 Å². The topological polar surface area (TPSA) is 55.6 Å². The van der Waals surface area contributed by atoms with Gasteiger partial charge >= 0.3 is 0 Å². The molecule has 1 amide bonds. The normalized spacial score (nSPS) is 11.8. The van der Waals surface area contributed by atoms with Crippen molar-refractivity contribution in [3.05, 3.63) is 29.3 Å². The first kappa shape index (κ1) is 15.4. The summed E-state index contributed by atoms with van der Waals surface area (Å²) in [6.07, 6.45) is 0.514. The highest BCUT2D eigenvalue weighted by atomic mass is 32.1. The molecule has 0 fully saturated rings. The van der Waals surface area contributed by atoms with Gasteiger partial charge in [-0.05, 0) is 31.5 Å². The lowest BCUT2D eigenvalue weighted by Gasteiger charge is -2.25. The molecule has 1 aromatic carbocycles. The third kappa shape index (κ3) is 3.92. The van der Waals surface area contributed by atoms with Gasteiger partial charge in [0, 0.05) is 25.1 Å². The Kier molecular flexibility index (Phi) is 5.30. The first-order valence-electron chi connectivity index (χ1n) is 6.07. The first-order chi connectivity index (χ1) is 8.86. The minimum atomic E-state index is -0.0675. The summed E-state index contributed by atoms with van der Waals surface area (Å²) in [6.45, 7) is 3.86. The fourth-order valence-corrected chi connectivity index (χ4v) is 2.03. The molecule has 19 heavy (non-hydrogen) atoms. The molecule has 0 radical (unpaired) electrons. The van der Waals surface area contributed by atoms with Crippen LogP contribution in [0.5, 0.6) is 5.75 Å². The lowest BCUT2D eigenvalue weighted by Crippen LogP contribution is -2.37. The predicted octanol–water partition coefficient (Wildman–Crippen LogP) is 2.14. The number of thiocarbonyl (C=S) groups is 1. The molecule has 0 aromatic heterocycles. The monoisotopic (exact) mass is 280 g/mol. The number of carbonyl (C=O) groups excluding carboxylic acids is 1. The summed E-state index contributed by atoms with van der Waals surface area (Å²) in [7, 11) is 3.34. The van der Waals surface area contributed by atoms with E-state index in [9.17, 15) is 4.79 Å². The molecule has 0 heterocycles. The van der Waals surface area contributed by atoms with Crippen LogP contribution in [0.15, 0.2) is 18.2 Å². The summed E-state index contributed by atoms with van der Waals surface area (Å²) >= 11 is 4.87. The van der Waals surface area contributed by atoms with Crippen LogP contribution in [0.2, 0.25) is 0 Å². The Balaban J connectivity index is 2.90. The number of benzene rings is 1. The minimum absolute atomic E-state index is 0.0303. The third-order valence-corrected chi connectivity index (χ3v) is 3.30. The van der Waals surface area contributed by atoms with Gasteiger partial charge in [0.2, 0.25) is 0 Å². The molecule has 1 aromatic rings. The fourth-order valence-electron chi connectivity index (χ4n) is 1.78. The van der Waals surface area contributed by atoms with Crippen molar-refractivity contribution in [3.63, 3.8) is 0 Å². The van der Waals surface area contributed by atoms with Crippen LogP contribution in [-0.2, 0) is 0 Å². The van der Waals surface area contributed by atoms with E-state index in [1.807, 2.05) is 19.9 Å². The second-order valence-electron chi connectivity index (χ2n) is 4.62. The first-order valence-corrected chi connectivity index (χ1v) is 6.47. The molecule has 5 heteroatoms. The summed E-state index contributed by atoms with van der Waals surface area (Å²) in [6, 6.07) is 5.39. The van der Waals surface area contributed by atoms with Crippen LogP contribution in [-0.4, -0.2) is 36.0 Å². The zero-order valence-corrected chi connectivity index (χ0v) is 12.6. The van der Waals surface area contributed by atoms with Crippen LogP contribution in [0.3, 0.4) is 0 Å². The number of methoxy groups -OCH3 is 1. The number of amides is 1. The molecule has 0 aliphatic heterocycles. The molecule has 2 N–H and O–H groups in total. The van der Waals surface area contributed by atoms with E-state index >= 15 is 0 Å². The Morgan fingerprint density at radius 1 is 1.53 bits per heavy atom. The quantitative estimate of drug-likeness (QED) is 0.840. The molecule has 0 aliphatic carbocycles. The maximum absolute atomic E-state index is 12.3. The van der Waals surface area contributed by atoms with Gasteiger partial charge in [-0.25, -0.2) is 0 Å². The molecule has 0 spiro atoms. The van der Waals surface area contributed by atoms with Crippen LogP contribution < -0.4 is 10.5 Å². The van der Waals surface area contributed by atoms with E-state index in [1.165, 1.54) is 0 Å². The molecule has 0 saturated heterocycles. The van der Waals surface area contributed by atoms with Crippen molar-refractivity contribution in [1.29, 1.82) is 0 Å². The van der Waals surface area contributed by atoms with Gasteiger partial charge in [0.1, 0.15) is 5.75 Å². The molecule has 104 valence electrons. The lowest BCUT2D eigenvalue weighted by molar-refractivity contribution is 0.0747. The van der Waals surface area contributed by atoms with E-state index in [2.05, 4.69) is 0 Å². The average molecular weight is 280 g/mol. The number of carbonyl (C=O) groups is 1. The van der Waals surface area contributed by atoms with Crippen molar-refractivity contribution in [2.45, 2.75) is 26.3 Å². The number of nitrogens with zero attached hydrogens (tertiary/aromatic N) is 1. The number of hydrogen-bond acceptors (Lipinski definition) is 3. The summed E-state index contributed by atoms with van der Waals surface area (Å²) < 4.78 is 5.23. The van der Waals surface area contributed by atoms with E-state index in [0.29, 0.717) is 22.7 Å². The minimum Gasteiger partial charge on any atom is -0.496 e. The van der Waals surface area contributed by atoms with Crippen molar-refractivity contribution < 1.29 is 9.53 Å². The second kappa shape index (κ2) is 6.52. The average Bonchev–Trinajstić information content (AvgIpc) is 2.36. The predicted molar refractivity (Wildman–Crippen MR) is 80.7 cm³/mol. The Bertz CT molecular complexity index is 488. The highest BCUT2D eigenvalue weighted by Gasteiger charge is 2.18. The SMILES string of the molecule is COc1cc(C(=O)N(C)C(C)CC(N)=S)ccc1C. The van der Waals surface area contributed by atoms with Gasteiger partial charge < -0.3 is 15.4 Å². The lowest BCUT2D eigenvalue weighted by atomic mass is 10.1. The van der Waals surface area contributed by atoms with E-state index in [0.717, 1.165) is 5.56 Å². The Morgan fingerprint density at radius 2 is 2.16 bits per heavy atom. The molecule has 0 saturated carbocycles. The van der Waals surface area contributed by atoms with Crippen LogP contribution >= 0.6 is 12.2 Å². The fraction of sp³-hybridized carbons (Fsp3) is 0.429. The maximum Gasteiger partial charge on any atom is 0.253 e. The number of aryl methyl sites for hydroxylation is 1. The Morgan fingerprint density at radius 3 is 2.68 bits per heavy atom. The van der Waals surface area contributed by atoms with Crippen molar-refractivity contribution in [3.8, 4) is 5.75 Å². The van der Waals surface area contributed by atoms with Crippen LogP contribution in [0.4, 0.5) is 0 Å². The van der Waals surface area contributed by atoms with E-state index in [-0.39, 0.29) is 11.9 Å². The van der Waals surface area contributed by atoms with Crippen LogP contribution in [0.25, 0.3) is 0 Å². The van der Waals surface area contributed by atoms with E-state index < -0.39 is 0 Å². The van der Waals surface area contributed by atoms with Gasteiger partial charge in [-0.1, -0.05) is 18.3 Å². The van der Waals surface area contributed by atoms with E-state index in [4.69, 9.17) is 22.7 Å². The number of nitrogens with two attached hydrogens (primary N) is 1. The van der Waals surface area contributed by atoms with Gasteiger partial charge in [-0.3, -0.25) is 4.79 Å². The van der Waals surface area contributed by atoms with Crippen LogP contribution in [0, 0.1) is 6.92 Å². The van der Waals surface area contributed by atoms with Gasteiger partial charge in [0.05, 0.1) is 12.1 Å². The molecule has 4 nitrogen and oxygen atoms in total. The molecule has 1 rings (SSSR count). The zero-order valence-electron chi connectivity index (χ0n) is 11.8. The van der Waals surface area contributed by atoms with E-state index in [1.54, 1.807) is 31.2 Å². The summed E-state index contributed by atoms with van der Waals surface area (Å²) in [5.74, 6) is 0.642. The molecular formula is C14H20N2O2S. The van der Waals surface area contributed by atoms with Crippen molar-refractivity contribution >= 4 is 23.1 Å². The Labute approximate surface area is 119 Å². The third-order valence-electron chi connectivity index (χ3n) is 3.13. The van der Waals surface area contributed by atoms with Gasteiger partial charge in [0.25, 0.3) is 5.91 Å². The number of ether oxygens (including phenoxy) is 1. The highest BCUT2D eigenvalue weighted by molar-refractivity contribution is 7.80. The molecule has 0 aliphatic rings. The zero-order chi connectivity index (χ0) is 14.6. The molecule has 1 unspecified atom stereocenters. The van der Waals surface area contributed by atoms with Gasteiger partial charge in [0.15, 0.2) is 0 Å². The maximum atomic E-state index is 12.3. The molecule has 1 atom stereocenters. The largest absolute Gasteiger partial charge is 0.496 e. The number of rotatable bonds is 5. The molecule has 0 bridgehead atoms. The van der Waals surface area contributed by atoms with Crippen molar-refractivity contribution in [2.75, 3.05) is 14.2 Å². The van der Waals surface area contributed by atoms with Gasteiger partial charge in [-0.15, -0.1) is 0 Å². The van der Waals surface area contributed by atoms with Crippen molar-refractivity contribution in [2.24, 2.45) is 5.73 Å². The van der Waals surface area contributed by atoms with Gasteiger partial charge in [-0.2, -0.15) is 0 Å². The van der Waals surface area contributed by atoms with Crippen LogP contribution in [0.1, 0.15) is 29.3 Å². The number of hydrogen-bond donors (Lipinski definition) is 1. The summed E-state index contributed by atoms with van der Waals surface area (Å²) in [5, 5.41) is 0. The summed E-state index contributed by atoms with van der Waals surface area (Å²) in [4.78, 5) is 14.4. The standard InChI is InChI=1S/C14H20N2O2S/c1-9-5-6-11(8-12(9)18-4)14(17)16(3)10(2)7-13(15)19/h5-6,8,10H,7H2,1-4H3,(H2,15,19). The molecular weight excluding hydrogens is 260 g/mol. The second-order valence-corrected chi connectivity index (χ2v) is 5.14. The Hall–Kier alpha value is -1.62.